The highest BCUT2D eigenvalue weighted by Crippen LogP contribution is 2.38. The Hall–Kier alpha value is -1.11. The lowest BCUT2D eigenvalue weighted by Gasteiger charge is -2.41. The molecule has 1 aromatic carbocycles. The first-order valence-electron chi connectivity index (χ1n) is 7.84. The zero-order valence-electron chi connectivity index (χ0n) is 12.5. The molecule has 2 aliphatic heterocycles. The molecule has 1 N–H and O–H groups in total. The number of nitrogens with one attached hydrogen (secondary N) is 1. The summed E-state index contributed by atoms with van der Waals surface area (Å²) in [5.41, 5.74) is 0.00944. The van der Waals surface area contributed by atoms with E-state index in [9.17, 15) is 13.2 Å². The quantitative estimate of drug-likeness (QED) is 0.928. The fourth-order valence-corrected chi connectivity index (χ4v) is 3.54. The van der Waals surface area contributed by atoms with Crippen LogP contribution in [0.1, 0.15) is 24.4 Å². The van der Waals surface area contributed by atoms with Crippen molar-refractivity contribution in [3.8, 4) is 0 Å². The van der Waals surface area contributed by atoms with Gasteiger partial charge < -0.3 is 10.1 Å². The third-order valence-electron chi connectivity index (χ3n) is 4.60. The Morgan fingerprint density at radius 2 is 1.64 bits per heavy atom. The van der Waals surface area contributed by atoms with Crippen LogP contribution in [0.4, 0.5) is 13.2 Å². The smallest absolute Gasteiger partial charge is 0.133 e. The molecule has 0 bridgehead atoms. The van der Waals surface area contributed by atoms with Crippen LogP contribution >= 0.6 is 0 Å². The largest absolute Gasteiger partial charge is 0.381 e. The van der Waals surface area contributed by atoms with E-state index in [-0.39, 0.29) is 17.5 Å². The Kier molecular flexibility index (Phi) is 5.00. The molecule has 1 aromatic rings. The fraction of sp³-hybridized carbons (Fsp3) is 0.625. The lowest BCUT2D eigenvalue weighted by Crippen LogP contribution is -2.48. The van der Waals surface area contributed by atoms with Crippen LogP contribution in [0.25, 0.3) is 0 Å². The van der Waals surface area contributed by atoms with Crippen molar-refractivity contribution in [2.24, 2.45) is 5.92 Å². The standard InChI is InChI=1S/C16H21F3N2O/c17-12-9-13(18)15(14(19)10-12)16(11-1-7-22-8-2-11)21-5-3-20-4-6-21/h9-11,16,20H,1-8H2/t16-/m0/s1. The van der Waals surface area contributed by atoms with Crippen molar-refractivity contribution in [3.63, 3.8) is 0 Å². The molecule has 22 heavy (non-hydrogen) atoms. The van der Waals surface area contributed by atoms with E-state index in [4.69, 9.17) is 4.74 Å². The lowest BCUT2D eigenvalue weighted by atomic mass is 9.85. The van der Waals surface area contributed by atoms with Crippen LogP contribution in [0.3, 0.4) is 0 Å². The van der Waals surface area contributed by atoms with Gasteiger partial charge in [0.15, 0.2) is 0 Å². The molecule has 2 saturated heterocycles. The lowest BCUT2D eigenvalue weighted by molar-refractivity contribution is 0.0191. The molecule has 0 aliphatic carbocycles. The number of benzene rings is 1. The van der Waals surface area contributed by atoms with E-state index in [2.05, 4.69) is 10.2 Å². The summed E-state index contributed by atoms with van der Waals surface area (Å²) >= 11 is 0. The number of halogens is 3. The van der Waals surface area contributed by atoms with E-state index in [0.717, 1.165) is 51.2 Å². The summed E-state index contributed by atoms with van der Waals surface area (Å²) in [4.78, 5) is 2.12. The predicted octanol–water partition coefficient (Wildman–Crippen LogP) is 2.48. The number of piperazine rings is 1. The van der Waals surface area contributed by atoms with Gasteiger partial charge in [-0.1, -0.05) is 0 Å². The Balaban J connectivity index is 1.96. The summed E-state index contributed by atoms with van der Waals surface area (Å²) in [6.07, 6.45) is 1.54. The maximum absolute atomic E-state index is 14.3. The molecule has 0 amide bonds. The molecule has 6 heteroatoms. The monoisotopic (exact) mass is 314 g/mol. The number of rotatable bonds is 3. The van der Waals surface area contributed by atoms with Gasteiger partial charge in [-0.25, -0.2) is 13.2 Å². The van der Waals surface area contributed by atoms with Crippen molar-refractivity contribution < 1.29 is 17.9 Å². The predicted molar refractivity (Wildman–Crippen MR) is 77.0 cm³/mol. The molecule has 2 heterocycles. The third-order valence-corrected chi connectivity index (χ3v) is 4.60. The third kappa shape index (κ3) is 3.29. The van der Waals surface area contributed by atoms with Crippen LogP contribution in [0, 0.1) is 23.4 Å². The van der Waals surface area contributed by atoms with E-state index in [1.807, 2.05) is 0 Å². The molecule has 0 aromatic heterocycles. The van der Waals surface area contributed by atoms with Gasteiger partial charge in [0.25, 0.3) is 0 Å². The summed E-state index contributed by atoms with van der Waals surface area (Å²) < 4.78 is 47.2. The van der Waals surface area contributed by atoms with Gasteiger partial charge in [-0.15, -0.1) is 0 Å². The number of hydrogen-bond donors (Lipinski definition) is 1. The van der Waals surface area contributed by atoms with Crippen LogP contribution in [-0.4, -0.2) is 44.3 Å². The van der Waals surface area contributed by atoms with Crippen molar-refractivity contribution >= 4 is 0 Å². The minimum atomic E-state index is -0.871. The van der Waals surface area contributed by atoms with Crippen molar-refractivity contribution in [3.05, 3.63) is 35.1 Å². The maximum atomic E-state index is 14.3. The second-order valence-corrected chi connectivity index (χ2v) is 5.96. The number of hydrogen-bond acceptors (Lipinski definition) is 3. The molecule has 1 atom stereocenters. The van der Waals surface area contributed by atoms with E-state index >= 15 is 0 Å². The molecule has 0 saturated carbocycles. The highest BCUT2D eigenvalue weighted by atomic mass is 19.1. The average molecular weight is 314 g/mol. The summed E-state index contributed by atoms with van der Waals surface area (Å²) in [7, 11) is 0. The van der Waals surface area contributed by atoms with Gasteiger partial charge in [0.2, 0.25) is 0 Å². The van der Waals surface area contributed by atoms with Gasteiger partial charge in [0.1, 0.15) is 17.5 Å². The first kappa shape index (κ1) is 15.8. The van der Waals surface area contributed by atoms with Crippen LogP contribution in [-0.2, 0) is 4.74 Å². The summed E-state index contributed by atoms with van der Waals surface area (Å²) in [5.74, 6) is -2.31. The highest BCUT2D eigenvalue weighted by molar-refractivity contribution is 5.25. The molecule has 122 valence electrons. The molecule has 2 aliphatic rings. The van der Waals surface area contributed by atoms with Gasteiger partial charge in [-0.3, -0.25) is 4.90 Å². The van der Waals surface area contributed by atoms with Crippen LogP contribution in [0.15, 0.2) is 12.1 Å². The van der Waals surface area contributed by atoms with Gasteiger partial charge in [0.05, 0.1) is 0 Å². The maximum Gasteiger partial charge on any atom is 0.133 e. The van der Waals surface area contributed by atoms with Crippen LogP contribution in [0.2, 0.25) is 0 Å². The van der Waals surface area contributed by atoms with E-state index in [0.29, 0.717) is 13.2 Å². The zero-order chi connectivity index (χ0) is 15.5. The van der Waals surface area contributed by atoms with Crippen molar-refractivity contribution in [2.75, 3.05) is 39.4 Å². The molecular weight excluding hydrogens is 293 g/mol. The van der Waals surface area contributed by atoms with Gasteiger partial charge in [-0.05, 0) is 18.8 Å². The molecule has 0 radical (unpaired) electrons. The van der Waals surface area contributed by atoms with Crippen molar-refractivity contribution in [1.82, 2.24) is 10.2 Å². The number of nitrogens with zero attached hydrogens (tertiary/aromatic N) is 1. The normalized spacial score (nSPS) is 22.7. The second kappa shape index (κ2) is 6.98. The Labute approximate surface area is 128 Å². The Bertz CT molecular complexity index is 473. The molecular formula is C16H21F3N2O. The SMILES string of the molecule is Fc1cc(F)c([C@H](C2CCOCC2)N2CCNCC2)c(F)c1. The van der Waals surface area contributed by atoms with Crippen LogP contribution in [0.5, 0.6) is 0 Å². The summed E-state index contributed by atoms with van der Waals surface area (Å²) in [5, 5.41) is 3.25. The van der Waals surface area contributed by atoms with E-state index in [1.165, 1.54) is 0 Å². The Morgan fingerprint density at radius 1 is 1.05 bits per heavy atom. The average Bonchev–Trinajstić information content (AvgIpc) is 2.52. The first-order valence-corrected chi connectivity index (χ1v) is 7.84. The summed E-state index contributed by atoms with van der Waals surface area (Å²) in [6, 6.07) is 1.21. The minimum Gasteiger partial charge on any atom is -0.381 e. The van der Waals surface area contributed by atoms with Crippen molar-refractivity contribution in [2.45, 2.75) is 18.9 Å². The topological polar surface area (TPSA) is 24.5 Å². The first-order chi connectivity index (χ1) is 10.7. The van der Waals surface area contributed by atoms with E-state index in [1.54, 1.807) is 0 Å². The summed E-state index contributed by atoms with van der Waals surface area (Å²) in [6.45, 7) is 4.28. The van der Waals surface area contributed by atoms with Gasteiger partial charge >= 0.3 is 0 Å². The second-order valence-electron chi connectivity index (χ2n) is 5.96. The van der Waals surface area contributed by atoms with Crippen molar-refractivity contribution in [1.29, 1.82) is 0 Å². The molecule has 2 fully saturated rings. The number of ether oxygens (including phenoxy) is 1. The zero-order valence-corrected chi connectivity index (χ0v) is 12.5. The fourth-order valence-electron chi connectivity index (χ4n) is 3.54. The van der Waals surface area contributed by atoms with Gasteiger partial charge in [-0.2, -0.15) is 0 Å². The minimum absolute atomic E-state index is 0.00944. The molecule has 3 rings (SSSR count). The molecule has 3 nitrogen and oxygen atoms in total. The highest BCUT2D eigenvalue weighted by Gasteiger charge is 2.35. The van der Waals surface area contributed by atoms with Gasteiger partial charge in [0, 0.05) is 63.1 Å². The molecule has 0 unspecified atom stereocenters. The Morgan fingerprint density at radius 3 is 2.23 bits per heavy atom. The molecule has 0 spiro atoms. The van der Waals surface area contributed by atoms with Crippen LogP contribution < -0.4 is 5.32 Å². The van der Waals surface area contributed by atoms with E-state index < -0.39 is 17.5 Å².